The van der Waals surface area contributed by atoms with Crippen molar-refractivity contribution >= 4 is 34.6 Å². The lowest BCUT2D eigenvalue weighted by molar-refractivity contribution is 0.0698. The van der Waals surface area contributed by atoms with Crippen LogP contribution in [0.2, 0.25) is 5.02 Å². The molecule has 0 aliphatic carbocycles. The lowest BCUT2D eigenvalue weighted by Gasteiger charge is -2.14. The summed E-state index contributed by atoms with van der Waals surface area (Å²) >= 11 is 6.03. The summed E-state index contributed by atoms with van der Waals surface area (Å²) in [5, 5.41) is 12.3. The van der Waals surface area contributed by atoms with Gasteiger partial charge in [-0.2, -0.15) is 0 Å². The first kappa shape index (κ1) is 14.1. The molecule has 20 heavy (non-hydrogen) atoms. The van der Waals surface area contributed by atoms with Crippen LogP contribution in [0, 0.1) is 12.7 Å². The molecule has 0 atom stereocenters. The fraction of sp³-hybridized carbons (Fsp3) is 0.0714. The van der Waals surface area contributed by atoms with Crippen LogP contribution in [-0.4, -0.2) is 11.1 Å². The van der Waals surface area contributed by atoms with Gasteiger partial charge in [0.25, 0.3) is 0 Å². The molecule has 0 bridgehead atoms. The van der Waals surface area contributed by atoms with Gasteiger partial charge in [0.1, 0.15) is 5.82 Å². The Kier molecular flexibility index (Phi) is 3.81. The van der Waals surface area contributed by atoms with Crippen molar-refractivity contribution in [2.24, 2.45) is 0 Å². The van der Waals surface area contributed by atoms with Crippen molar-refractivity contribution in [3.8, 4) is 0 Å². The lowest BCUT2D eigenvalue weighted by atomic mass is 10.1. The summed E-state index contributed by atoms with van der Waals surface area (Å²) in [5.41, 5.74) is 7.23. The molecule has 0 fully saturated rings. The molecule has 2 aromatic carbocycles. The topological polar surface area (TPSA) is 75.3 Å². The molecule has 0 saturated heterocycles. The number of nitrogen functional groups attached to an aromatic ring is 1. The van der Waals surface area contributed by atoms with Gasteiger partial charge in [0.2, 0.25) is 0 Å². The molecule has 0 heterocycles. The molecule has 0 aromatic heterocycles. The minimum atomic E-state index is -1.15. The van der Waals surface area contributed by atoms with Crippen molar-refractivity contribution in [3.05, 3.63) is 52.3 Å². The number of carboxylic acids is 1. The summed E-state index contributed by atoms with van der Waals surface area (Å²) < 4.78 is 13.1. The van der Waals surface area contributed by atoms with Crippen LogP contribution in [0.15, 0.2) is 30.3 Å². The molecule has 0 amide bonds. The van der Waals surface area contributed by atoms with Crippen molar-refractivity contribution in [2.75, 3.05) is 11.1 Å². The maximum Gasteiger partial charge on any atom is 0.337 e. The number of aromatic carboxylic acids is 1. The first-order valence-corrected chi connectivity index (χ1v) is 6.12. The predicted molar refractivity (Wildman–Crippen MR) is 77.2 cm³/mol. The van der Waals surface area contributed by atoms with Gasteiger partial charge in [0.05, 0.1) is 16.3 Å². The largest absolute Gasteiger partial charge is 0.478 e. The van der Waals surface area contributed by atoms with Crippen LogP contribution >= 0.6 is 11.6 Å². The van der Waals surface area contributed by atoms with Crippen LogP contribution in [0.4, 0.5) is 21.5 Å². The minimum absolute atomic E-state index is 0.0428. The molecule has 2 aromatic rings. The lowest BCUT2D eigenvalue weighted by Crippen LogP contribution is -2.05. The Labute approximate surface area is 120 Å². The second-order valence-electron chi connectivity index (χ2n) is 4.31. The molecule has 4 nitrogen and oxygen atoms in total. The van der Waals surface area contributed by atoms with E-state index >= 15 is 0 Å². The van der Waals surface area contributed by atoms with E-state index in [-0.39, 0.29) is 27.8 Å². The Bertz CT molecular complexity index is 689. The number of nitrogens with one attached hydrogen (secondary N) is 1. The molecular formula is C14H12ClFN2O2. The molecule has 0 spiro atoms. The smallest absolute Gasteiger partial charge is 0.337 e. The Morgan fingerprint density at radius 1 is 1.35 bits per heavy atom. The fourth-order valence-electron chi connectivity index (χ4n) is 1.83. The zero-order chi connectivity index (χ0) is 14.9. The highest BCUT2D eigenvalue weighted by atomic mass is 35.5. The van der Waals surface area contributed by atoms with Crippen molar-refractivity contribution in [1.82, 2.24) is 0 Å². The number of hydrogen-bond donors (Lipinski definition) is 3. The van der Waals surface area contributed by atoms with Crippen LogP contribution in [0.5, 0.6) is 0 Å². The number of rotatable bonds is 3. The average molecular weight is 295 g/mol. The van der Waals surface area contributed by atoms with Gasteiger partial charge < -0.3 is 16.2 Å². The first-order chi connectivity index (χ1) is 9.38. The normalized spacial score (nSPS) is 10.3. The van der Waals surface area contributed by atoms with E-state index in [1.807, 2.05) is 0 Å². The van der Waals surface area contributed by atoms with Crippen LogP contribution in [-0.2, 0) is 0 Å². The van der Waals surface area contributed by atoms with Crippen molar-refractivity contribution in [1.29, 1.82) is 0 Å². The number of halogens is 2. The van der Waals surface area contributed by atoms with Gasteiger partial charge in [0.15, 0.2) is 0 Å². The second-order valence-corrected chi connectivity index (χ2v) is 4.72. The standard InChI is InChI=1S/C14H12ClFN2O2/c1-7-4-8(16)2-3-12(7)18-13-10(14(19)20)5-9(17)6-11(13)15/h2-6,18H,17H2,1H3,(H,19,20). The molecule has 0 aliphatic heterocycles. The first-order valence-electron chi connectivity index (χ1n) is 5.74. The SMILES string of the molecule is Cc1cc(F)ccc1Nc1c(Cl)cc(N)cc1C(=O)O. The summed E-state index contributed by atoms with van der Waals surface area (Å²) in [4.78, 5) is 11.2. The van der Waals surface area contributed by atoms with E-state index in [1.165, 1.54) is 30.3 Å². The maximum atomic E-state index is 13.1. The highest BCUT2D eigenvalue weighted by molar-refractivity contribution is 6.34. The molecule has 6 heteroatoms. The number of carboxylic acid groups (broad SMARTS) is 1. The molecular weight excluding hydrogens is 283 g/mol. The van der Waals surface area contributed by atoms with E-state index in [9.17, 15) is 14.3 Å². The molecule has 0 radical (unpaired) electrons. The number of benzene rings is 2. The van der Waals surface area contributed by atoms with Crippen molar-refractivity contribution < 1.29 is 14.3 Å². The quantitative estimate of drug-likeness (QED) is 0.752. The monoisotopic (exact) mass is 294 g/mol. The van der Waals surface area contributed by atoms with E-state index in [2.05, 4.69) is 5.32 Å². The van der Waals surface area contributed by atoms with Gasteiger partial charge in [-0.25, -0.2) is 9.18 Å². The van der Waals surface area contributed by atoms with Gasteiger partial charge in [-0.3, -0.25) is 0 Å². The number of carbonyl (C=O) groups is 1. The van der Waals surface area contributed by atoms with Gasteiger partial charge in [-0.1, -0.05) is 11.6 Å². The van der Waals surface area contributed by atoms with E-state index in [4.69, 9.17) is 17.3 Å². The summed E-state index contributed by atoms with van der Waals surface area (Å²) in [6.45, 7) is 1.71. The van der Waals surface area contributed by atoms with E-state index in [0.29, 0.717) is 11.3 Å². The van der Waals surface area contributed by atoms with Gasteiger partial charge in [-0.15, -0.1) is 0 Å². The number of aryl methyl sites for hydroxylation is 1. The van der Waals surface area contributed by atoms with Crippen molar-refractivity contribution in [3.63, 3.8) is 0 Å². The van der Waals surface area contributed by atoms with Gasteiger partial charge in [-0.05, 0) is 42.8 Å². The molecule has 0 aliphatic rings. The van der Waals surface area contributed by atoms with Crippen LogP contribution in [0.25, 0.3) is 0 Å². The highest BCUT2D eigenvalue weighted by Crippen LogP contribution is 2.33. The summed E-state index contributed by atoms with van der Waals surface area (Å²) in [6, 6.07) is 6.91. The van der Waals surface area contributed by atoms with Crippen LogP contribution < -0.4 is 11.1 Å². The Morgan fingerprint density at radius 2 is 2.05 bits per heavy atom. The summed E-state index contributed by atoms with van der Waals surface area (Å²) in [6.07, 6.45) is 0. The van der Waals surface area contributed by atoms with Crippen LogP contribution in [0.3, 0.4) is 0 Å². The van der Waals surface area contributed by atoms with Crippen molar-refractivity contribution in [2.45, 2.75) is 6.92 Å². The molecule has 0 saturated carbocycles. The third-order valence-electron chi connectivity index (χ3n) is 2.79. The number of nitrogens with two attached hydrogens (primary N) is 1. The third-order valence-corrected chi connectivity index (χ3v) is 3.09. The second kappa shape index (κ2) is 5.38. The fourth-order valence-corrected chi connectivity index (χ4v) is 2.10. The third kappa shape index (κ3) is 2.83. The van der Waals surface area contributed by atoms with E-state index in [0.717, 1.165) is 0 Å². The zero-order valence-corrected chi connectivity index (χ0v) is 11.3. The minimum Gasteiger partial charge on any atom is -0.478 e. The van der Waals surface area contributed by atoms with E-state index in [1.54, 1.807) is 6.92 Å². The molecule has 2 rings (SSSR count). The predicted octanol–water partition coefficient (Wildman–Crippen LogP) is 3.81. The Hall–Kier alpha value is -2.27. The number of anilines is 3. The Morgan fingerprint density at radius 3 is 2.65 bits per heavy atom. The molecule has 0 unspecified atom stereocenters. The highest BCUT2D eigenvalue weighted by Gasteiger charge is 2.15. The summed E-state index contributed by atoms with van der Waals surface area (Å²) in [5.74, 6) is -1.52. The van der Waals surface area contributed by atoms with Gasteiger partial charge in [0, 0.05) is 11.4 Å². The zero-order valence-electron chi connectivity index (χ0n) is 10.6. The maximum absolute atomic E-state index is 13.1. The summed E-state index contributed by atoms with van der Waals surface area (Å²) in [7, 11) is 0. The van der Waals surface area contributed by atoms with Crippen LogP contribution in [0.1, 0.15) is 15.9 Å². The van der Waals surface area contributed by atoms with E-state index < -0.39 is 5.97 Å². The Balaban J connectivity index is 2.50. The molecule has 4 N–H and O–H groups in total. The number of hydrogen-bond acceptors (Lipinski definition) is 3. The van der Waals surface area contributed by atoms with Gasteiger partial charge >= 0.3 is 5.97 Å². The average Bonchev–Trinajstić information content (AvgIpc) is 2.34. The molecule has 104 valence electrons.